The Labute approximate surface area is 162 Å². The van der Waals surface area contributed by atoms with Crippen LogP contribution in [0.4, 0.5) is 0 Å². The fourth-order valence-electron chi connectivity index (χ4n) is 2.65. The SMILES string of the molecule is CN(Cc1ccccc1)C(=O)CCNS(=O)(=O)c1ccc(C(C)(C)C)cc1. The molecule has 0 saturated carbocycles. The molecule has 0 atom stereocenters. The van der Waals surface area contributed by atoms with Gasteiger partial charge in [0, 0.05) is 26.6 Å². The first-order valence-corrected chi connectivity index (χ1v) is 10.5. The zero-order valence-electron chi connectivity index (χ0n) is 16.4. The van der Waals surface area contributed by atoms with Crippen molar-refractivity contribution in [3.8, 4) is 0 Å². The molecular formula is C21H28N2O3S. The molecule has 0 fully saturated rings. The van der Waals surface area contributed by atoms with E-state index in [1.54, 1.807) is 24.1 Å². The van der Waals surface area contributed by atoms with Gasteiger partial charge in [-0.25, -0.2) is 13.1 Å². The Kier molecular flexibility index (Phi) is 6.78. The topological polar surface area (TPSA) is 66.5 Å². The molecule has 146 valence electrons. The van der Waals surface area contributed by atoms with Crippen LogP contribution in [0.15, 0.2) is 59.5 Å². The molecule has 1 amide bonds. The summed E-state index contributed by atoms with van der Waals surface area (Å²) in [5.41, 5.74) is 2.07. The van der Waals surface area contributed by atoms with E-state index in [4.69, 9.17) is 0 Å². The summed E-state index contributed by atoms with van der Waals surface area (Å²) in [6.07, 6.45) is 0.114. The number of benzene rings is 2. The minimum Gasteiger partial charge on any atom is -0.341 e. The standard InChI is InChI=1S/C21H28N2O3S/c1-21(2,3)18-10-12-19(13-11-18)27(25,26)22-15-14-20(24)23(4)16-17-8-6-5-7-9-17/h5-13,22H,14-16H2,1-4H3. The summed E-state index contributed by atoms with van der Waals surface area (Å²) in [6.45, 7) is 6.80. The van der Waals surface area contributed by atoms with Crippen molar-refractivity contribution < 1.29 is 13.2 Å². The maximum absolute atomic E-state index is 12.4. The maximum atomic E-state index is 12.4. The lowest BCUT2D eigenvalue weighted by atomic mass is 9.87. The van der Waals surface area contributed by atoms with Gasteiger partial charge in [-0.1, -0.05) is 63.2 Å². The second-order valence-electron chi connectivity index (χ2n) is 7.66. The smallest absolute Gasteiger partial charge is 0.240 e. The number of hydrogen-bond donors (Lipinski definition) is 1. The number of carbonyl (C=O) groups excluding carboxylic acids is 1. The van der Waals surface area contributed by atoms with Crippen LogP contribution in [-0.2, 0) is 26.8 Å². The van der Waals surface area contributed by atoms with Gasteiger partial charge >= 0.3 is 0 Å². The first kappa shape index (κ1) is 21.1. The summed E-state index contributed by atoms with van der Waals surface area (Å²) in [7, 11) is -1.91. The molecule has 0 aliphatic rings. The molecule has 5 nitrogen and oxygen atoms in total. The molecule has 27 heavy (non-hydrogen) atoms. The Morgan fingerprint density at radius 2 is 1.59 bits per heavy atom. The molecule has 0 spiro atoms. The second kappa shape index (κ2) is 8.67. The third-order valence-corrected chi connectivity index (χ3v) is 5.83. The number of nitrogens with zero attached hydrogens (tertiary/aromatic N) is 1. The molecular weight excluding hydrogens is 360 g/mol. The summed E-state index contributed by atoms with van der Waals surface area (Å²) in [6, 6.07) is 16.5. The Bertz CT molecular complexity index is 855. The molecule has 0 aliphatic heterocycles. The molecule has 0 unspecified atom stereocenters. The van der Waals surface area contributed by atoms with Crippen molar-refractivity contribution in [3.05, 3.63) is 65.7 Å². The van der Waals surface area contributed by atoms with Crippen LogP contribution in [0, 0.1) is 0 Å². The summed E-state index contributed by atoms with van der Waals surface area (Å²) in [5, 5.41) is 0. The zero-order chi connectivity index (χ0) is 20.1. The van der Waals surface area contributed by atoms with Gasteiger partial charge in [0.25, 0.3) is 0 Å². The maximum Gasteiger partial charge on any atom is 0.240 e. The van der Waals surface area contributed by atoms with Crippen molar-refractivity contribution >= 4 is 15.9 Å². The van der Waals surface area contributed by atoms with Crippen molar-refractivity contribution in [3.63, 3.8) is 0 Å². The molecule has 0 aromatic heterocycles. The molecule has 0 bridgehead atoms. The average Bonchev–Trinajstić information content (AvgIpc) is 2.61. The average molecular weight is 389 g/mol. The highest BCUT2D eigenvalue weighted by Gasteiger charge is 2.18. The largest absolute Gasteiger partial charge is 0.341 e. The van der Waals surface area contributed by atoms with Crippen LogP contribution < -0.4 is 4.72 Å². The van der Waals surface area contributed by atoms with Crippen molar-refractivity contribution in [2.24, 2.45) is 0 Å². The summed E-state index contributed by atoms with van der Waals surface area (Å²) < 4.78 is 27.3. The number of nitrogens with one attached hydrogen (secondary N) is 1. The van der Waals surface area contributed by atoms with Gasteiger partial charge in [-0.15, -0.1) is 0 Å². The van der Waals surface area contributed by atoms with Crippen LogP contribution in [0.25, 0.3) is 0 Å². The highest BCUT2D eigenvalue weighted by molar-refractivity contribution is 7.89. The van der Waals surface area contributed by atoms with Crippen molar-refractivity contribution in [1.82, 2.24) is 9.62 Å². The minimum absolute atomic E-state index is 0.0362. The Hall–Kier alpha value is -2.18. The van der Waals surface area contributed by atoms with E-state index in [9.17, 15) is 13.2 Å². The summed E-state index contributed by atoms with van der Waals surface area (Å²) in [4.78, 5) is 14.0. The molecule has 6 heteroatoms. The zero-order valence-corrected chi connectivity index (χ0v) is 17.2. The predicted octanol–water partition coefficient (Wildman–Crippen LogP) is 3.31. The Morgan fingerprint density at radius 1 is 1.00 bits per heavy atom. The molecule has 0 saturated heterocycles. The van der Waals surface area contributed by atoms with E-state index < -0.39 is 10.0 Å². The Morgan fingerprint density at radius 3 is 2.15 bits per heavy atom. The van der Waals surface area contributed by atoms with E-state index in [0.717, 1.165) is 11.1 Å². The molecule has 1 N–H and O–H groups in total. The van der Waals surface area contributed by atoms with Gasteiger partial charge in [-0.3, -0.25) is 4.79 Å². The molecule has 0 aliphatic carbocycles. The number of carbonyl (C=O) groups is 1. The van der Waals surface area contributed by atoms with Crippen LogP contribution in [0.3, 0.4) is 0 Å². The third-order valence-electron chi connectivity index (χ3n) is 4.35. The van der Waals surface area contributed by atoms with E-state index in [0.29, 0.717) is 6.54 Å². The fraction of sp³-hybridized carbons (Fsp3) is 0.381. The lowest BCUT2D eigenvalue weighted by Gasteiger charge is -2.19. The van der Waals surface area contributed by atoms with Crippen LogP contribution in [0.2, 0.25) is 0 Å². The quantitative estimate of drug-likeness (QED) is 0.791. The van der Waals surface area contributed by atoms with E-state index in [1.807, 2.05) is 42.5 Å². The Balaban J connectivity index is 1.88. The van der Waals surface area contributed by atoms with Gasteiger partial charge in [-0.2, -0.15) is 0 Å². The molecule has 2 aromatic carbocycles. The number of amides is 1. The molecule has 0 heterocycles. The third kappa shape index (κ3) is 6.19. The number of sulfonamides is 1. The summed E-state index contributed by atoms with van der Waals surface area (Å²) >= 11 is 0. The number of hydrogen-bond acceptors (Lipinski definition) is 3. The van der Waals surface area contributed by atoms with Crippen molar-refractivity contribution in [1.29, 1.82) is 0 Å². The molecule has 0 radical (unpaired) electrons. The lowest BCUT2D eigenvalue weighted by molar-refractivity contribution is -0.130. The van der Waals surface area contributed by atoms with Crippen LogP contribution in [0.5, 0.6) is 0 Å². The van der Waals surface area contributed by atoms with Gasteiger partial charge in [0.15, 0.2) is 0 Å². The van der Waals surface area contributed by atoms with Gasteiger partial charge in [0.05, 0.1) is 4.90 Å². The van der Waals surface area contributed by atoms with Crippen LogP contribution >= 0.6 is 0 Å². The fourth-order valence-corrected chi connectivity index (χ4v) is 3.68. The highest BCUT2D eigenvalue weighted by Crippen LogP contribution is 2.23. The van der Waals surface area contributed by atoms with E-state index in [2.05, 4.69) is 25.5 Å². The predicted molar refractivity (Wildman–Crippen MR) is 108 cm³/mol. The highest BCUT2D eigenvalue weighted by atomic mass is 32.2. The van der Waals surface area contributed by atoms with Crippen LogP contribution in [-0.4, -0.2) is 32.8 Å². The normalized spacial score (nSPS) is 12.0. The lowest BCUT2D eigenvalue weighted by Crippen LogP contribution is -2.32. The van der Waals surface area contributed by atoms with Crippen LogP contribution in [0.1, 0.15) is 38.3 Å². The second-order valence-corrected chi connectivity index (χ2v) is 9.42. The van der Waals surface area contributed by atoms with E-state index in [1.165, 1.54) is 0 Å². The van der Waals surface area contributed by atoms with E-state index >= 15 is 0 Å². The number of rotatable bonds is 7. The first-order valence-electron chi connectivity index (χ1n) is 8.98. The van der Waals surface area contributed by atoms with Gasteiger partial charge < -0.3 is 4.90 Å². The van der Waals surface area contributed by atoms with E-state index in [-0.39, 0.29) is 29.2 Å². The summed E-state index contributed by atoms with van der Waals surface area (Å²) in [5.74, 6) is -0.107. The first-order chi connectivity index (χ1) is 12.6. The molecule has 2 aromatic rings. The molecule has 2 rings (SSSR count). The van der Waals surface area contributed by atoms with Gasteiger partial charge in [-0.05, 0) is 28.7 Å². The van der Waals surface area contributed by atoms with Gasteiger partial charge in [0.1, 0.15) is 0 Å². The monoisotopic (exact) mass is 388 g/mol. The minimum atomic E-state index is -3.62. The van der Waals surface area contributed by atoms with Crippen molar-refractivity contribution in [2.45, 2.75) is 44.0 Å². The van der Waals surface area contributed by atoms with Crippen molar-refractivity contribution in [2.75, 3.05) is 13.6 Å². The van der Waals surface area contributed by atoms with Gasteiger partial charge in [0.2, 0.25) is 15.9 Å².